The van der Waals surface area contributed by atoms with Gasteiger partial charge in [-0.2, -0.15) is 0 Å². The Balaban J connectivity index is 1.77. The molecular weight excluding hydrogens is 406 g/mol. The largest absolute Gasteiger partial charge is 0.480 e. The monoisotopic (exact) mass is 427 g/mol. The molecule has 1 aromatic heterocycles. The normalized spacial score (nSPS) is 25.8. The molecule has 2 aliphatic rings. The number of oxime groups is 1. The second-order valence-corrected chi connectivity index (χ2v) is 9.55. The molecule has 152 valence electrons. The van der Waals surface area contributed by atoms with Crippen molar-refractivity contribution in [3.05, 3.63) is 11.1 Å². The minimum absolute atomic E-state index is 0.0790. The van der Waals surface area contributed by atoms with Crippen molar-refractivity contribution in [1.29, 1.82) is 0 Å². The Morgan fingerprint density at radius 1 is 1.50 bits per heavy atom. The molecule has 0 spiro atoms. The van der Waals surface area contributed by atoms with E-state index >= 15 is 0 Å². The van der Waals surface area contributed by atoms with Crippen LogP contribution in [0.1, 0.15) is 32.9 Å². The fraction of sp³-hybridized carbons (Fsp3) is 0.562. The quantitative estimate of drug-likeness (QED) is 0.246. The first-order valence-corrected chi connectivity index (χ1v) is 10.4. The minimum atomic E-state index is -1.06. The number of thiazole rings is 1. The summed E-state index contributed by atoms with van der Waals surface area (Å²) in [5.74, 6) is -2.13. The van der Waals surface area contributed by atoms with Crippen LogP contribution >= 0.6 is 23.1 Å². The van der Waals surface area contributed by atoms with Gasteiger partial charge in [-0.3, -0.25) is 9.59 Å². The number of carbonyl (C=O) groups is 3. The topological polar surface area (TPSA) is 147 Å². The van der Waals surface area contributed by atoms with Gasteiger partial charge < -0.3 is 25.9 Å². The molecule has 10 nitrogen and oxygen atoms in total. The van der Waals surface area contributed by atoms with E-state index in [1.165, 1.54) is 16.7 Å². The Hall–Kier alpha value is -2.34. The van der Waals surface area contributed by atoms with Crippen molar-refractivity contribution < 1.29 is 24.3 Å². The zero-order chi connectivity index (χ0) is 20.6. The highest BCUT2D eigenvalue weighted by Crippen LogP contribution is 2.50. The number of nitrogens with zero attached hydrogens (tertiary/aromatic N) is 3. The van der Waals surface area contributed by atoms with E-state index < -0.39 is 40.0 Å². The van der Waals surface area contributed by atoms with Gasteiger partial charge >= 0.3 is 5.97 Å². The van der Waals surface area contributed by atoms with Gasteiger partial charge in [-0.25, -0.2) is 9.78 Å². The van der Waals surface area contributed by atoms with Crippen molar-refractivity contribution in [3.63, 3.8) is 0 Å². The van der Waals surface area contributed by atoms with E-state index in [0.717, 1.165) is 11.3 Å². The zero-order valence-corrected chi connectivity index (χ0v) is 17.2. The van der Waals surface area contributed by atoms with Crippen LogP contribution in [-0.2, 0) is 19.2 Å². The number of hydrogen-bond acceptors (Lipinski definition) is 9. The second-order valence-electron chi connectivity index (χ2n) is 6.89. The molecule has 2 aliphatic heterocycles. The molecule has 2 saturated heterocycles. The Morgan fingerprint density at radius 2 is 2.21 bits per heavy atom. The van der Waals surface area contributed by atoms with Crippen LogP contribution in [0.2, 0.25) is 0 Å². The molecule has 3 atom stereocenters. The predicted molar refractivity (Wildman–Crippen MR) is 105 cm³/mol. The van der Waals surface area contributed by atoms with Crippen LogP contribution in [0, 0.1) is 0 Å². The van der Waals surface area contributed by atoms with E-state index in [1.54, 1.807) is 19.2 Å². The van der Waals surface area contributed by atoms with Crippen molar-refractivity contribution in [2.75, 3.05) is 12.3 Å². The molecule has 0 radical (unpaired) electrons. The molecule has 0 unspecified atom stereocenters. The first kappa shape index (κ1) is 20.4. The molecule has 0 saturated carbocycles. The van der Waals surface area contributed by atoms with Crippen LogP contribution in [-0.4, -0.2) is 67.3 Å². The highest BCUT2D eigenvalue weighted by atomic mass is 32.2. The number of hydrogen-bond donors (Lipinski definition) is 3. The first-order valence-electron chi connectivity index (χ1n) is 8.62. The number of fused-ring (bicyclic) bond motifs is 1. The number of aromatic nitrogens is 1. The average molecular weight is 428 g/mol. The Kier molecular flexibility index (Phi) is 5.53. The van der Waals surface area contributed by atoms with Gasteiger partial charge in [0.1, 0.15) is 29.8 Å². The average Bonchev–Trinajstić information content (AvgIpc) is 3.15. The first-order chi connectivity index (χ1) is 13.2. The van der Waals surface area contributed by atoms with Crippen LogP contribution in [0.5, 0.6) is 0 Å². The van der Waals surface area contributed by atoms with E-state index in [0.29, 0.717) is 13.0 Å². The number of nitrogens with two attached hydrogens (primary N) is 1. The van der Waals surface area contributed by atoms with E-state index in [2.05, 4.69) is 15.5 Å². The zero-order valence-electron chi connectivity index (χ0n) is 15.5. The van der Waals surface area contributed by atoms with E-state index in [-0.39, 0.29) is 16.5 Å². The number of β-lactam (4-membered cyclic amide) rings is 1. The van der Waals surface area contributed by atoms with Crippen molar-refractivity contribution in [2.45, 2.75) is 49.4 Å². The van der Waals surface area contributed by atoms with Crippen LogP contribution in [0.25, 0.3) is 0 Å². The number of carboxylic acid groups (broad SMARTS) is 1. The van der Waals surface area contributed by atoms with E-state index in [9.17, 15) is 19.5 Å². The highest BCUT2D eigenvalue weighted by molar-refractivity contribution is 8.01. The number of amides is 2. The second kappa shape index (κ2) is 7.59. The van der Waals surface area contributed by atoms with Crippen molar-refractivity contribution in [2.24, 2.45) is 5.16 Å². The van der Waals surface area contributed by atoms with Gasteiger partial charge in [-0.05, 0) is 20.3 Å². The molecule has 0 aromatic carbocycles. The van der Waals surface area contributed by atoms with Gasteiger partial charge in [0.05, 0.1) is 0 Å². The third-order valence-corrected chi connectivity index (χ3v) is 6.64. The molecule has 2 amide bonds. The van der Waals surface area contributed by atoms with E-state index in [4.69, 9.17) is 10.6 Å². The third-order valence-electron chi connectivity index (χ3n) is 4.39. The SMILES string of the molecule is CCCO/N=C(\C(=O)N[C@H]1C(=O)N2[C@@H]1SC(C)(C)[C@@H]2C(=O)O)c1csc(N)n1. The number of nitrogens with one attached hydrogen (secondary N) is 1. The Morgan fingerprint density at radius 3 is 2.79 bits per heavy atom. The molecule has 0 bridgehead atoms. The fourth-order valence-corrected chi connectivity index (χ4v) is 5.33. The molecule has 28 heavy (non-hydrogen) atoms. The van der Waals surface area contributed by atoms with Gasteiger partial charge in [0.2, 0.25) is 5.91 Å². The maximum absolute atomic E-state index is 12.8. The Bertz CT molecular complexity index is 839. The highest BCUT2D eigenvalue weighted by Gasteiger charge is 2.64. The number of carboxylic acids is 1. The molecule has 4 N–H and O–H groups in total. The van der Waals surface area contributed by atoms with Gasteiger partial charge in [0.15, 0.2) is 10.8 Å². The van der Waals surface area contributed by atoms with Gasteiger partial charge in [-0.1, -0.05) is 12.1 Å². The molecule has 0 aliphatic carbocycles. The minimum Gasteiger partial charge on any atom is -0.480 e. The summed E-state index contributed by atoms with van der Waals surface area (Å²) in [7, 11) is 0. The van der Waals surface area contributed by atoms with Gasteiger partial charge in [0.25, 0.3) is 5.91 Å². The van der Waals surface area contributed by atoms with Crippen LogP contribution < -0.4 is 11.1 Å². The summed E-state index contributed by atoms with van der Waals surface area (Å²) in [4.78, 5) is 47.4. The van der Waals surface area contributed by atoms with Crippen molar-refractivity contribution in [3.8, 4) is 0 Å². The number of thioether (sulfide) groups is 1. The summed E-state index contributed by atoms with van der Waals surface area (Å²) in [6, 6.07) is -1.78. The van der Waals surface area contributed by atoms with E-state index in [1.807, 2.05) is 6.92 Å². The van der Waals surface area contributed by atoms with Crippen LogP contribution in [0.4, 0.5) is 5.13 Å². The molecular formula is C16H21N5O5S2. The number of carbonyl (C=O) groups excluding carboxylic acids is 2. The van der Waals surface area contributed by atoms with Crippen molar-refractivity contribution in [1.82, 2.24) is 15.2 Å². The Labute approximate surface area is 169 Å². The molecule has 12 heteroatoms. The standard InChI is InChI=1S/C16H21N5O5S2/c1-4-5-26-20-8(7-6-27-15(17)18-7)11(22)19-9-12(23)21-10(14(24)25)16(2,3)28-13(9)21/h6,9-10,13H,4-5H2,1-3H3,(H2,17,18)(H,19,22)(H,24,25)/b20-8-/t9-,10-,13+/m0/s1. The summed E-state index contributed by atoms with van der Waals surface area (Å²) in [6.07, 6.45) is 0.706. The maximum atomic E-state index is 12.8. The van der Waals surface area contributed by atoms with Gasteiger partial charge in [-0.15, -0.1) is 23.1 Å². The lowest BCUT2D eigenvalue weighted by molar-refractivity contribution is -0.160. The summed E-state index contributed by atoms with van der Waals surface area (Å²) >= 11 is 2.50. The number of nitrogen functional groups attached to an aromatic ring is 1. The van der Waals surface area contributed by atoms with Gasteiger partial charge in [0, 0.05) is 10.1 Å². The summed E-state index contributed by atoms with van der Waals surface area (Å²) in [5, 5.41) is 17.4. The van der Waals surface area contributed by atoms with Crippen LogP contribution in [0.3, 0.4) is 0 Å². The molecule has 2 fully saturated rings. The summed E-state index contributed by atoms with van der Waals surface area (Å²) < 4.78 is -0.670. The summed E-state index contributed by atoms with van der Waals surface area (Å²) in [6.45, 7) is 5.75. The lowest BCUT2D eigenvalue weighted by atomic mass is 9.96. The molecule has 3 heterocycles. The van der Waals surface area contributed by atoms with Crippen molar-refractivity contribution >= 4 is 51.7 Å². The predicted octanol–water partition coefficient (Wildman–Crippen LogP) is 0.488. The number of rotatable bonds is 7. The fourth-order valence-electron chi connectivity index (χ4n) is 3.16. The number of aliphatic carboxylic acids is 1. The molecule has 1 aromatic rings. The molecule has 3 rings (SSSR count). The lowest BCUT2D eigenvalue weighted by Crippen LogP contribution is -2.71. The summed E-state index contributed by atoms with van der Waals surface area (Å²) in [5.41, 5.74) is 5.81. The third kappa shape index (κ3) is 3.53. The lowest BCUT2D eigenvalue weighted by Gasteiger charge is -2.43. The maximum Gasteiger partial charge on any atom is 0.327 e. The van der Waals surface area contributed by atoms with Crippen LogP contribution in [0.15, 0.2) is 10.5 Å². The number of anilines is 1. The smallest absolute Gasteiger partial charge is 0.327 e.